The first-order chi connectivity index (χ1) is 14.5. The summed E-state index contributed by atoms with van der Waals surface area (Å²) in [7, 11) is 0. The molecular formula is C24H23ClN2O3. The van der Waals surface area contributed by atoms with Crippen molar-refractivity contribution in [3.63, 3.8) is 0 Å². The number of alkyl halides is 1. The number of carbonyl (C=O) groups excluding carboxylic acids is 2. The molecule has 2 aliphatic heterocycles. The Labute approximate surface area is 180 Å². The van der Waals surface area contributed by atoms with Crippen molar-refractivity contribution in [3.8, 4) is 0 Å². The number of ether oxygens (including phenoxy) is 1. The van der Waals surface area contributed by atoms with Crippen LogP contribution in [0.5, 0.6) is 0 Å². The van der Waals surface area contributed by atoms with Crippen LogP contribution in [0, 0.1) is 11.8 Å². The number of halogens is 1. The fourth-order valence-electron chi connectivity index (χ4n) is 4.90. The van der Waals surface area contributed by atoms with Crippen molar-refractivity contribution in [1.29, 1.82) is 0 Å². The van der Waals surface area contributed by atoms with Crippen LogP contribution in [0.1, 0.15) is 36.9 Å². The number of fused-ring (bicyclic) bond motifs is 1. The molecule has 1 aliphatic carbocycles. The zero-order valence-electron chi connectivity index (χ0n) is 16.7. The third kappa shape index (κ3) is 3.12. The second-order valence-electron chi connectivity index (χ2n) is 8.44. The highest BCUT2D eigenvalue weighted by molar-refractivity contribution is 6.21. The van der Waals surface area contributed by atoms with Gasteiger partial charge >= 0.3 is 0 Å². The number of ketones is 1. The highest BCUT2D eigenvalue weighted by Gasteiger charge is 2.53. The Morgan fingerprint density at radius 2 is 1.93 bits per heavy atom. The Hall–Kier alpha value is -2.66. The molecule has 3 aliphatic rings. The standard InChI is InChI=1S/C24H23ClN2O3/c1-14-10-19-17(11-18(14)25)22(28)20-21(16-7-3-2-4-8-16)27(24(29)23(20)30-19)13-15-6-5-9-26-12-15/h2-9,12,14,17-19,21H,10-11,13H2,1H3. The summed E-state index contributed by atoms with van der Waals surface area (Å²) in [6.07, 6.45) is 4.44. The summed E-state index contributed by atoms with van der Waals surface area (Å²) in [4.78, 5) is 33.0. The Morgan fingerprint density at radius 1 is 1.13 bits per heavy atom. The molecule has 1 aromatic carbocycles. The number of carbonyl (C=O) groups is 2. The molecule has 5 atom stereocenters. The van der Waals surface area contributed by atoms with Crippen molar-refractivity contribution in [2.75, 3.05) is 0 Å². The maximum atomic E-state index is 13.6. The number of aromatic nitrogens is 1. The van der Waals surface area contributed by atoms with Gasteiger partial charge in [-0.3, -0.25) is 14.6 Å². The molecule has 2 aromatic rings. The fraction of sp³-hybridized carbons (Fsp3) is 0.375. The average Bonchev–Trinajstić information content (AvgIpc) is 3.03. The predicted molar refractivity (Wildman–Crippen MR) is 112 cm³/mol. The monoisotopic (exact) mass is 422 g/mol. The van der Waals surface area contributed by atoms with Crippen LogP contribution in [0.4, 0.5) is 0 Å². The highest BCUT2D eigenvalue weighted by Crippen LogP contribution is 2.48. The van der Waals surface area contributed by atoms with Gasteiger partial charge in [-0.05, 0) is 36.0 Å². The van der Waals surface area contributed by atoms with Gasteiger partial charge in [-0.2, -0.15) is 0 Å². The molecule has 0 bridgehead atoms. The van der Waals surface area contributed by atoms with Gasteiger partial charge in [0.05, 0.1) is 17.5 Å². The van der Waals surface area contributed by atoms with Gasteiger partial charge in [0, 0.05) is 24.3 Å². The lowest BCUT2D eigenvalue weighted by Crippen LogP contribution is -2.44. The smallest absolute Gasteiger partial charge is 0.290 e. The van der Waals surface area contributed by atoms with E-state index < -0.39 is 6.04 Å². The summed E-state index contributed by atoms with van der Waals surface area (Å²) in [5, 5.41) is -0.0558. The van der Waals surface area contributed by atoms with E-state index in [1.165, 1.54) is 0 Å². The summed E-state index contributed by atoms with van der Waals surface area (Å²) >= 11 is 6.51. The van der Waals surface area contributed by atoms with Crippen molar-refractivity contribution in [2.45, 2.75) is 43.8 Å². The van der Waals surface area contributed by atoms with Crippen molar-refractivity contribution < 1.29 is 14.3 Å². The number of benzene rings is 1. The molecule has 0 radical (unpaired) electrons. The van der Waals surface area contributed by atoms with Crippen LogP contribution in [0.3, 0.4) is 0 Å². The molecule has 5 unspecified atom stereocenters. The van der Waals surface area contributed by atoms with E-state index in [9.17, 15) is 9.59 Å². The molecule has 1 saturated carbocycles. The van der Waals surface area contributed by atoms with Crippen LogP contribution < -0.4 is 0 Å². The maximum absolute atomic E-state index is 13.6. The Morgan fingerprint density at radius 3 is 2.67 bits per heavy atom. The van der Waals surface area contributed by atoms with Gasteiger partial charge in [-0.1, -0.05) is 43.3 Å². The molecule has 1 fully saturated rings. The minimum absolute atomic E-state index is 0.00897. The highest BCUT2D eigenvalue weighted by atomic mass is 35.5. The fourth-order valence-corrected chi connectivity index (χ4v) is 5.19. The first-order valence-corrected chi connectivity index (χ1v) is 10.8. The minimum Gasteiger partial charge on any atom is -0.483 e. The van der Waals surface area contributed by atoms with Crippen LogP contribution in [0.2, 0.25) is 0 Å². The van der Waals surface area contributed by atoms with E-state index in [1.54, 1.807) is 17.3 Å². The minimum atomic E-state index is -0.463. The normalized spacial score (nSPS) is 30.7. The van der Waals surface area contributed by atoms with Gasteiger partial charge < -0.3 is 9.64 Å². The Balaban J connectivity index is 1.57. The zero-order chi connectivity index (χ0) is 20.8. The third-order valence-electron chi connectivity index (χ3n) is 6.50. The molecule has 1 amide bonds. The lowest BCUT2D eigenvalue weighted by atomic mass is 9.74. The lowest BCUT2D eigenvalue weighted by Gasteiger charge is -2.40. The van der Waals surface area contributed by atoms with E-state index >= 15 is 0 Å². The first kappa shape index (κ1) is 19.3. The summed E-state index contributed by atoms with van der Waals surface area (Å²) in [6.45, 7) is 2.43. The quantitative estimate of drug-likeness (QED) is 0.700. The van der Waals surface area contributed by atoms with E-state index in [1.807, 2.05) is 42.5 Å². The van der Waals surface area contributed by atoms with Gasteiger partial charge in [-0.15, -0.1) is 11.6 Å². The predicted octanol–water partition coefficient (Wildman–Crippen LogP) is 4.04. The molecule has 6 heteroatoms. The van der Waals surface area contributed by atoms with E-state index in [0.29, 0.717) is 25.0 Å². The summed E-state index contributed by atoms with van der Waals surface area (Å²) in [6, 6.07) is 13.0. The third-order valence-corrected chi connectivity index (χ3v) is 7.11. The van der Waals surface area contributed by atoms with Gasteiger partial charge in [0.25, 0.3) is 5.91 Å². The topological polar surface area (TPSA) is 59.5 Å². The van der Waals surface area contributed by atoms with Crippen LogP contribution >= 0.6 is 11.6 Å². The Bertz CT molecular complexity index is 1010. The van der Waals surface area contributed by atoms with E-state index in [-0.39, 0.29) is 40.8 Å². The largest absolute Gasteiger partial charge is 0.483 e. The van der Waals surface area contributed by atoms with Crippen LogP contribution in [0.15, 0.2) is 66.2 Å². The van der Waals surface area contributed by atoms with E-state index in [4.69, 9.17) is 16.3 Å². The molecule has 0 spiro atoms. The molecule has 0 saturated heterocycles. The molecular weight excluding hydrogens is 400 g/mol. The number of hydrogen-bond acceptors (Lipinski definition) is 4. The second kappa shape index (κ2) is 7.55. The molecule has 30 heavy (non-hydrogen) atoms. The number of rotatable bonds is 3. The molecule has 3 heterocycles. The average molecular weight is 423 g/mol. The molecule has 5 nitrogen and oxygen atoms in total. The molecule has 5 rings (SSSR count). The zero-order valence-corrected chi connectivity index (χ0v) is 17.5. The number of pyridine rings is 1. The van der Waals surface area contributed by atoms with Crippen molar-refractivity contribution in [3.05, 3.63) is 77.3 Å². The summed E-state index contributed by atoms with van der Waals surface area (Å²) in [5.74, 6) is -0.0420. The van der Waals surface area contributed by atoms with Gasteiger partial charge in [-0.25, -0.2) is 0 Å². The van der Waals surface area contributed by atoms with Gasteiger partial charge in [0.15, 0.2) is 11.5 Å². The van der Waals surface area contributed by atoms with Crippen LogP contribution in [-0.4, -0.2) is 33.1 Å². The van der Waals surface area contributed by atoms with Crippen molar-refractivity contribution >= 4 is 23.3 Å². The number of amides is 1. The van der Waals surface area contributed by atoms with Gasteiger partial charge in [0.1, 0.15) is 6.10 Å². The van der Waals surface area contributed by atoms with Gasteiger partial charge in [0.2, 0.25) is 0 Å². The number of nitrogens with zero attached hydrogens (tertiary/aromatic N) is 2. The summed E-state index contributed by atoms with van der Waals surface area (Å²) in [5.41, 5.74) is 2.29. The van der Waals surface area contributed by atoms with Crippen LogP contribution in [0.25, 0.3) is 0 Å². The van der Waals surface area contributed by atoms with E-state index in [2.05, 4.69) is 11.9 Å². The van der Waals surface area contributed by atoms with Crippen molar-refractivity contribution in [2.24, 2.45) is 11.8 Å². The number of hydrogen-bond donors (Lipinski definition) is 0. The van der Waals surface area contributed by atoms with Crippen LogP contribution in [-0.2, 0) is 20.9 Å². The molecule has 154 valence electrons. The molecule has 0 N–H and O–H groups in total. The SMILES string of the molecule is CC1CC2OC3=C(C(=O)C2CC1Cl)C(c1ccccc1)N(Cc1cccnc1)C3=O. The maximum Gasteiger partial charge on any atom is 0.290 e. The number of Topliss-reactive ketones (excluding diaryl/α,β-unsaturated/α-hetero) is 1. The summed E-state index contributed by atoms with van der Waals surface area (Å²) < 4.78 is 6.23. The first-order valence-electron chi connectivity index (χ1n) is 10.4. The Kier molecular flexibility index (Phi) is 4.86. The molecule has 1 aromatic heterocycles. The van der Waals surface area contributed by atoms with E-state index in [0.717, 1.165) is 11.1 Å². The second-order valence-corrected chi connectivity index (χ2v) is 9.00. The van der Waals surface area contributed by atoms with Crippen molar-refractivity contribution in [1.82, 2.24) is 9.88 Å². The lowest BCUT2D eigenvalue weighted by molar-refractivity contribution is -0.136.